The highest BCUT2D eigenvalue weighted by Gasteiger charge is 2.74. The normalized spacial score (nSPS) is 43.3. The SMILES string of the molecule is C[C@]12CC[C@H]3[C@]4(C=C[C@@]5(C=C4C(=O)c4cc6ccccc6s4)CC(O)CC[C@]35C)[C@@H]1CC[C@@]2(O)CN1CCCN2CCCN=C21. The monoisotopic (exact) mass is 625 g/mol. The fraction of sp³-hybridized carbons (Fsp3) is 0.632. The van der Waals surface area contributed by atoms with Gasteiger partial charge in [-0.15, -0.1) is 11.3 Å². The zero-order valence-electron chi connectivity index (χ0n) is 26.8. The van der Waals surface area contributed by atoms with Crippen molar-refractivity contribution in [3.8, 4) is 0 Å². The summed E-state index contributed by atoms with van der Waals surface area (Å²) in [5.41, 5.74) is -0.967. The van der Waals surface area contributed by atoms with Gasteiger partial charge in [0.15, 0.2) is 11.7 Å². The minimum Gasteiger partial charge on any atom is -0.393 e. The molecule has 4 fully saturated rings. The van der Waals surface area contributed by atoms with E-state index in [9.17, 15) is 15.0 Å². The first-order chi connectivity index (χ1) is 21.6. The van der Waals surface area contributed by atoms with E-state index in [-0.39, 0.29) is 34.1 Å². The molecule has 3 heterocycles. The number of β-amino-alcohol motifs (C(OH)–C–C–N with tert-alkyl or cyclic N) is 1. The van der Waals surface area contributed by atoms with E-state index in [0.29, 0.717) is 18.9 Å². The Balaban J connectivity index is 1.16. The smallest absolute Gasteiger partial charge is 0.199 e. The Morgan fingerprint density at radius 1 is 1.00 bits per heavy atom. The van der Waals surface area contributed by atoms with Crippen molar-refractivity contribution in [1.29, 1.82) is 0 Å². The number of benzene rings is 1. The fourth-order valence-electron chi connectivity index (χ4n) is 12.0. The lowest BCUT2D eigenvalue weighted by Gasteiger charge is -2.71. The maximum atomic E-state index is 14.9. The largest absolute Gasteiger partial charge is 0.393 e. The standard InChI is InChI=1S/C38H47N3O3S/c1-34-12-9-26(42)22-36(34)15-16-38(27(23-36)32(43)29-21-25-7-3-4-8-28(25)45-29)30(34)10-13-35(2)31(38)11-14-37(35,44)24-41-20-6-19-40-18-5-17-39-33(40)41/h3-4,7-8,15-16,21,23,26,30-31,42,44H,5-6,9-14,17-20,22,24H2,1-2H3/t26?,30-,31-,34-,35+,36+,37-,38-/m1/s1. The molecule has 0 radical (unpaired) electrons. The van der Waals surface area contributed by atoms with Crippen molar-refractivity contribution >= 4 is 33.2 Å². The molecule has 238 valence electrons. The molecule has 8 aliphatic rings. The molecule has 1 aromatic carbocycles. The van der Waals surface area contributed by atoms with Crippen LogP contribution in [0.25, 0.3) is 10.1 Å². The summed E-state index contributed by atoms with van der Waals surface area (Å²) in [7, 11) is 0. The lowest BCUT2D eigenvalue weighted by Crippen LogP contribution is -2.68. The van der Waals surface area contributed by atoms with Crippen LogP contribution in [0.4, 0.5) is 0 Å². The quantitative estimate of drug-likeness (QED) is 0.302. The topological polar surface area (TPSA) is 76.4 Å². The molecule has 2 spiro atoms. The number of Topliss-reactive ketones (excluding diaryl/α,β-unsaturated/α-hetero) is 1. The molecular weight excluding hydrogens is 579 g/mol. The van der Waals surface area contributed by atoms with Crippen molar-refractivity contribution < 1.29 is 15.0 Å². The predicted molar refractivity (Wildman–Crippen MR) is 179 cm³/mol. The van der Waals surface area contributed by atoms with Crippen LogP contribution < -0.4 is 0 Å². The highest BCUT2D eigenvalue weighted by molar-refractivity contribution is 7.21. The molecule has 3 saturated carbocycles. The molecule has 2 N–H and O–H groups in total. The van der Waals surface area contributed by atoms with Crippen molar-refractivity contribution in [2.75, 3.05) is 32.7 Å². The summed E-state index contributed by atoms with van der Waals surface area (Å²) in [5.74, 6) is 1.74. The zero-order valence-corrected chi connectivity index (χ0v) is 27.6. The average molecular weight is 626 g/mol. The summed E-state index contributed by atoms with van der Waals surface area (Å²) >= 11 is 1.61. The van der Waals surface area contributed by atoms with E-state index in [0.717, 1.165) is 104 Å². The number of ketones is 1. The van der Waals surface area contributed by atoms with Crippen LogP contribution in [0.15, 0.2) is 59.1 Å². The van der Waals surface area contributed by atoms with Crippen molar-refractivity contribution in [3.05, 3.63) is 59.0 Å². The Labute approximate surface area is 270 Å². The van der Waals surface area contributed by atoms with Gasteiger partial charge in [-0.25, -0.2) is 0 Å². The maximum Gasteiger partial charge on any atom is 0.199 e. The number of aliphatic imine (C=N–C) groups is 1. The molecule has 2 aliphatic heterocycles. The molecule has 0 amide bonds. The minimum atomic E-state index is -0.852. The third-order valence-corrected chi connectivity index (χ3v) is 15.4. The Kier molecular flexibility index (Phi) is 6.09. The van der Waals surface area contributed by atoms with Gasteiger partial charge in [0.25, 0.3) is 0 Å². The lowest BCUT2D eigenvalue weighted by molar-refractivity contribution is -0.174. The highest BCUT2D eigenvalue weighted by atomic mass is 32.1. The number of nitrogens with zero attached hydrogens (tertiary/aromatic N) is 3. The third kappa shape index (κ3) is 3.64. The van der Waals surface area contributed by atoms with Crippen molar-refractivity contribution in [2.24, 2.45) is 38.5 Å². The molecule has 6 aliphatic carbocycles. The van der Waals surface area contributed by atoms with Gasteiger partial charge in [-0.2, -0.15) is 0 Å². The summed E-state index contributed by atoms with van der Waals surface area (Å²) in [4.78, 5) is 25.5. The summed E-state index contributed by atoms with van der Waals surface area (Å²) in [5, 5.41) is 25.0. The first-order valence-electron chi connectivity index (χ1n) is 17.5. The van der Waals surface area contributed by atoms with E-state index in [4.69, 9.17) is 4.99 Å². The van der Waals surface area contributed by atoms with Gasteiger partial charge >= 0.3 is 0 Å². The number of aliphatic hydroxyl groups excluding tert-OH is 1. The molecular formula is C38H47N3O3S. The van der Waals surface area contributed by atoms with Gasteiger partial charge in [-0.3, -0.25) is 9.79 Å². The number of fused-ring (bicyclic) bond motifs is 3. The molecule has 6 nitrogen and oxygen atoms in total. The molecule has 1 aromatic heterocycles. The number of hydrogen-bond acceptors (Lipinski definition) is 7. The average Bonchev–Trinajstić information content (AvgIpc) is 3.59. The van der Waals surface area contributed by atoms with Crippen LogP contribution in [0.5, 0.6) is 0 Å². The molecule has 7 heteroatoms. The Morgan fingerprint density at radius 3 is 2.64 bits per heavy atom. The minimum absolute atomic E-state index is 0.0167. The number of carbonyl (C=O) groups excluding carboxylic acids is 1. The van der Waals surface area contributed by atoms with E-state index >= 15 is 0 Å². The van der Waals surface area contributed by atoms with Crippen molar-refractivity contribution in [2.45, 2.75) is 83.3 Å². The second-order valence-corrected chi connectivity index (χ2v) is 17.2. The van der Waals surface area contributed by atoms with Crippen LogP contribution in [0.2, 0.25) is 0 Å². The maximum absolute atomic E-state index is 14.9. The van der Waals surface area contributed by atoms with Gasteiger partial charge in [0, 0.05) is 52.7 Å². The van der Waals surface area contributed by atoms with Gasteiger partial charge in [-0.1, -0.05) is 50.3 Å². The van der Waals surface area contributed by atoms with Gasteiger partial charge in [-0.05, 0) is 92.6 Å². The van der Waals surface area contributed by atoms with Crippen LogP contribution in [-0.2, 0) is 0 Å². The third-order valence-electron chi connectivity index (χ3n) is 14.3. The zero-order chi connectivity index (χ0) is 30.8. The summed E-state index contributed by atoms with van der Waals surface area (Å²) < 4.78 is 1.15. The summed E-state index contributed by atoms with van der Waals surface area (Å²) in [6, 6.07) is 10.4. The van der Waals surface area contributed by atoms with Crippen LogP contribution in [0.3, 0.4) is 0 Å². The number of aliphatic hydroxyl groups is 2. The number of guanidine groups is 1. The van der Waals surface area contributed by atoms with E-state index in [1.54, 1.807) is 11.3 Å². The number of thiophene rings is 1. The van der Waals surface area contributed by atoms with E-state index < -0.39 is 11.0 Å². The Morgan fingerprint density at radius 2 is 1.78 bits per heavy atom. The Bertz CT molecular complexity index is 1650. The van der Waals surface area contributed by atoms with Gasteiger partial charge in [0.05, 0.1) is 23.1 Å². The predicted octanol–water partition coefficient (Wildman–Crippen LogP) is 6.44. The van der Waals surface area contributed by atoms with E-state index in [1.807, 2.05) is 12.1 Å². The van der Waals surface area contributed by atoms with E-state index in [1.165, 1.54) is 0 Å². The second kappa shape index (κ2) is 9.54. The van der Waals surface area contributed by atoms with E-state index in [2.05, 4.69) is 60.1 Å². The lowest BCUT2D eigenvalue weighted by atomic mass is 9.32. The fourth-order valence-corrected chi connectivity index (χ4v) is 13.0. The van der Waals surface area contributed by atoms with Crippen LogP contribution in [0, 0.1) is 33.5 Å². The molecule has 1 saturated heterocycles. The summed E-state index contributed by atoms with van der Waals surface area (Å²) in [6.45, 7) is 9.39. The number of rotatable bonds is 4. The molecule has 8 atom stereocenters. The molecule has 45 heavy (non-hydrogen) atoms. The molecule has 1 unspecified atom stereocenters. The first kappa shape index (κ1) is 28.7. The van der Waals surface area contributed by atoms with Crippen molar-refractivity contribution in [3.63, 3.8) is 0 Å². The molecule has 2 bridgehead atoms. The second-order valence-electron chi connectivity index (χ2n) is 16.1. The van der Waals surface area contributed by atoms with Gasteiger partial charge in [0.2, 0.25) is 0 Å². The van der Waals surface area contributed by atoms with Crippen LogP contribution in [-0.4, -0.2) is 76.2 Å². The van der Waals surface area contributed by atoms with Gasteiger partial charge in [0.1, 0.15) is 0 Å². The summed E-state index contributed by atoms with van der Waals surface area (Å²) in [6.07, 6.45) is 15.2. The molecule has 10 rings (SSSR count). The van der Waals surface area contributed by atoms with Crippen LogP contribution in [0.1, 0.15) is 81.3 Å². The van der Waals surface area contributed by atoms with Gasteiger partial charge < -0.3 is 20.0 Å². The highest BCUT2D eigenvalue weighted by Crippen LogP contribution is 2.78. The van der Waals surface area contributed by atoms with Crippen LogP contribution >= 0.6 is 11.3 Å². The number of carbonyl (C=O) groups is 1. The number of allylic oxidation sites excluding steroid dienone is 4. The van der Waals surface area contributed by atoms with Crippen molar-refractivity contribution in [1.82, 2.24) is 9.80 Å². The first-order valence-corrected chi connectivity index (χ1v) is 18.4. The molecule has 2 aromatic rings. The number of hydrogen-bond donors (Lipinski definition) is 2. The Hall–Kier alpha value is -2.48.